The van der Waals surface area contributed by atoms with E-state index in [1.165, 1.54) is 6.08 Å². The lowest BCUT2D eigenvalue weighted by Crippen LogP contribution is -1.79. The minimum atomic E-state index is -0.386. The number of hydrogen-bond acceptors (Lipinski definition) is 0. The second kappa shape index (κ2) is 5.14. The third-order valence-corrected chi connectivity index (χ3v) is 1.57. The van der Waals surface area contributed by atoms with E-state index >= 15 is 0 Å². The molecule has 0 aromatic rings. The zero-order valence-corrected chi connectivity index (χ0v) is 7.58. The maximum Gasteiger partial charge on any atom is 0.144 e. The van der Waals surface area contributed by atoms with Gasteiger partial charge in [0.2, 0.25) is 0 Å². The summed E-state index contributed by atoms with van der Waals surface area (Å²) in [6.07, 6.45) is 3.88. The van der Waals surface area contributed by atoms with Gasteiger partial charge in [0.15, 0.2) is 0 Å². The molecule has 0 saturated carbocycles. The first-order valence-corrected chi connectivity index (χ1v) is 3.86. The van der Waals surface area contributed by atoms with Gasteiger partial charge in [-0.1, -0.05) is 31.2 Å². The van der Waals surface area contributed by atoms with Crippen molar-refractivity contribution in [3.05, 3.63) is 35.2 Å². The standard InChI is InChI=1S/C9H12ClF/c1-4-6-7(3)9(11)8(10)5-2/h5-6H,2,4H2,1,3H3/b7-6-,9-8-. The van der Waals surface area contributed by atoms with Gasteiger partial charge < -0.3 is 0 Å². The molecule has 0 radical (unpaired) electrons. The van der Waals surface area contributed by atoms with Crippen LogP contribution in [0.1, 0.15) is 20.3 Å². The maximum atomic E-state index is 13.0. The SMILES string of the molecule is C=C/C(Cl)=C(F)\C(C)=C/CC. The van der Waals surface area contributed by atoms with Crippen LogP contribution in [0.25, 0.3) is 0 Å². The highest BCUT2D eigenvalue weighted by atomic mass is 35.5. The molecule has 0 nitrogen and oxygen atoms in total. The van der Waals surface area contributed by atoms with Crippen molar-refractivity contribution in [1.82, 2.24) is 0 Å². The Morgan fingerprint density at radius 2 is 2.18 bits per heavy atom. The summed E-state index contributed by atoms with van der Waals surface area (Å²) in [7, 11) is 0. The largest absolute Gasteiger partial charge is 0.205 e. The van der Waals surface area contributed by atoms with Crippen molar-refractivity contribution in [2.75, 3.05) is 0 Å². The normalized spacial score (nSPS) is 14.4. The third-order valence-electron chi connectivity index (χ3n) is 1.25. The van der Waals surface area contributed by atoms with Crippen molar-refractivity contribution in [3.63, 3.8) is 0 Å². The average Bonchev–Trinajstić information content (AvgIpc) is 2.02. The van der Waals surface area contributed by atoms with Crippen molar-refractivity contribution < 1.29 is 4.39 Å². The first-order chi connectivity index (χ1) is 5.13. The molecule has 0 aliphatic rings. The van der Waals surface area contributed by atoms with Gasteiger partial charge in [-0.25, -0.2) is 4.39 Å². The van der Waals surface area contributed by atoms with E-state index < -0.39 is 0 Å². The smallest absolute Gasteiger partial charge is 0.144 e. The number of rotatable bonds is 3. The highest BCUT2D eigenvalue weighted by molar-refractivity contribution is 6.31. The fraction of sp³-hybridized carbons (Fsp3) is 0.333. The van der Waals surface area contributed by atoms with Crippen LogP contribution in [-0.2, 0) is 0 Å². The Morgan fingerprint density at radius 1 is 1.64 bits per heavy atom. The molecule has 0 aromatic heterocycles. The summed E-state index contributed by atoms with van der Waals surface area (Å²) in [5, 5.41) is 0.0761. The second-order valence-corrected chi connectivity index (χ2v) is 2.57. The van der Waals surface area contributed by atoms with Crippen LogP contribution < -0.4 is 0 Å². The molecule has 0 atom stereocenters. The van der Waals surface area contributed by atoms with E-state index in [1.807, 2.05) is 6.92 Å². The number of halogens is 2. The maximum absolute atomic E-state index is 13.0. The molecule has 0 bridgehead atoms. The highest BCUT2D eigenvalue weighted by Crippen LogP contribution is 2.19. The molecule has 0 aromatic carbocycles. The lowest BCUT2D eigenvalue weighted by molar-refractivity contribution is 0.648. The van der Waals surface area contributed by atoms with Gasteiger partial charge >= 0.3 is 0 Å². The molecular formula is C9H12ClF. The predicted molar refractivity (Wildman–Crippen MR) is 48.2 cm³/mol. The van der Waals surface area contributed by atoms with Crippen molar-refractivity contribution in [2.24, 2.45) is 0 Å². The molecule has 0 aliphatic carbocycles. The second-order valence-electron chi connectivity index (χ2n) is 2.16. The summed E-state index contributed by atoms with van der Waals surface area (Å²) >= 11 is 5.49. The van der Waals surface area contributed by atoms with Crippen LogP contribution in [0.5, 0.6) is 0 Å². The minimum Gasteiger partial charge on any atom is -0.205 e. The molecule has 0 N–H and O–H groups in total. The van der Waals surface area contributed by atoms with Crippen molar-refractivity contribution >= 4 is 11.6 Å². The third kappa shape index (κ3) is 3.38. The zero-order valence-electron chi connectivity index (χ0n) is 6.82. The van der Waals surface area contributed by atoms with Gasteiger partial charge in [-0.05, 0) is 25.0 Å². The van der Waals surface area contributed by atoms with Gasteiger partial charge in [-0.15, -0.1) is 0 Å². The van der Waals surface area contributed by atoms with Gasteiger partial charge in [-0.3, -0.25) is 0 Å². The Bertz CT molecular complexity index is 202. The monoisotopic (exact) mass is 174 g/mol. The molecule has 2 heteroatoms. The summed E-state index contributed by atoms with van der Waals surface area (Å²) in [5.74, 6) is -0.386. The summed E-state index contributed by atoms with van der Waals surface area (Å²) in [5.41, 5.74) is 0.567. The summed E-state index contributed by atoms with van der Waals surface area (Å²) in [4.78, 5) is 0. The van der Waals surface area contributed by atoms with E-state index in [-0.39, 0.29) is 10.9 Å². The van der Waals surface area contributed by atoms with Crippen molar-refractivity contribution in [1.29, 1.82) is 0 Å². The first-order valence-electron chi connectivity index (χ1n) is 3.48. The van der Waals surface area contributed by atoms with Gasteiger partial charge in [-0.2, -0.15) is 0 Å². The first kappa shape index (κ1) is 10.4. The predicted octanol–water partition coefficient (Wildman–Crippen LogP) is 3.95. The van der Waals surface area contributed by atoms with E-state index in [4.69, 9.17) is 11.6 Å². The van der Waals surface area contributed by atoms with Crippen LogP contribution in [0.4, 0.5) is 4.39 Å². The van der Waals surface area contributed by atoms with Crippen LogP contribution in [0.2, 0.25) is 0 Å². The van der Waals surface area contributed by atoms with E-state index in [0.29, 0.717) is 5.57 Å². The van der Waals surface area contributed by atoms with E-state index in [2.05, 4.69) is 6.58 Å². The Balaban J connectivity index is 4.59. The van der Waals surface area contributed by atoms with Gasteiger partial charge in [0.25, 0.3) is 0 Å². The molecule has 0 aliphatic heterocycles. The summed E-state index contributed by atoms with van der Waals surface area (Å²) < 4.78 is 13.0. The van der Waals surface area contributed by atoms with Crippen LogP contribution in [0, 0.1) is 0 Å². The zero-order chi connectivity index (χ0) is 8.85. The molecule has 0 amide bonds. The topological polar surface area (TPSA) is 0 Å². The number of hydrogen-bond donors (Lipinski definition) is 0. The summed E-state index contributed by atoms with van der Waals surface area (Å²) in [6, 6.07) is 0. The Hall–Kier alpha value is -0.560. The van der Waals surface area contributed by atoms with E-state index in [0.717, 1.165) is 6.42 Å². The Labute approximate surface area is 72.1 Å². The Kier molecular flexibility index (Phi) is 4.88. The average molecular weight is 175 g/mol. The molecule has 62 valence electrons. The van der Waals surface area contributed by atoms with Crippen molar-refractivity contribution in [3.8, 4) is 0 Å². The fourth-order valence-electron chi connectivity index (χ4n) is 0.674. The molecule has 0 unspecified atom stereocenters. The van der Waals surface area contributed by atoms with E-state index in [9.17, 15) is 4.39 Å². The van der Waals surface area contributed by atoms with Crippen LogP contribution in [0.15, 0.2) is 35.2 Å². The molecule has 0 spiro atoms. The highest BCUT2D eigenvalue weighted by Gasteiger charge is 2.01. The molecule has 11 heavy (non-hydrogen) atoms. The molecule has 0 heterocycles. The lowest BCUT2D eigenvalue weighted by Gasteiger charge is -1.97. The van der Waals surface area contributed by atoms with Crippen LogP contribution in [0.3, 0.4) is 0 Å². The van der Waals surface area contributed by atoms with Crippen LogP contribution in [-0.4, -0.2) is 0 Å². The quantitative estimate of drug-likeness (QED) is 0.569. The van der Waals surface area contributed by atoms with Gasteiger partial charge in [0.05, 0.1) is 5.03 Å². The number of allylic oxidation sites excluding steroid dienone is 5. The van der Waals surface area contributed by atoms with Gasteiger partial charge in [0.1, 0.15) is 5.83 Å². The molecular weight excluding hydrogens is 163 g/mol. The van der Waals surface area contributed by atoms with Crippen LogP contribution >= 0.6 is 11.6 Å². The molecule has 0 rings (SSSR count). The van der Waals surface area contributed by atoms with Gasteiger partial charge in [0, 0.05) is 0 Å². The molecule has 0 saturated heterocycles. The van der Waals surface area contributed by atoms with Crippen molar-refractivity contribution in [2.45, 2.75) is 20.3 Å². The lowest BCUT2D eigenvalue weighted by atomic mass is 10.2. The van der Waals surface area contributed by atoms with E-state index in [1.54, 1.807) is 13.0 Å². The summed E-state index contributed by atoms with van der Waals surface area (Å²) in [6.45, 7) is 7.00. The minimum absolute atomic E-state index is 0.0761. The fourth-order valence-corrected chi connectivity index (χ4v) is 0.823. The molecule has 0 fully saturated rings. The Morgan fingerprint density at radius 3 is 2.55 bits per heavy atom.